The van der Waals surface area contributed by atoms with Gasteiger partial charge >= 0.3 is 0 Å². The number of hydrogen-bond acceptors (Lipinski definition) is 2. The lowest BCUT2D eigenvalue weighted by Gasteiger charge is -2.22. The Balaban J connectivity index is 1.85. The van der Waals surface area contributed by atoms with Gasteiger partial charge in [-0.15, -0.1) is 12.3 Å². The van der Waals surface area contributed by atoms with E-state index in [0.29, 0.717) is 0 Å². The quantitative estimate of drug-likeness (QED) is 0.493. The van der Waals surface area contributed by atoms with Crippen LogP contribution in [0.1, 0.15) is 32.1 Å². The first-order valence-corrected chi connectivity index (χ1v) is 5.78. The maximum atomic E-state index is 5.18. The average Bonchev–Trinajstić information content (AvgIpc) is 2.25. The summed E-state index contributed by atoms with van der Waals surface area (Å²) in [4.78, 5) is 0. The third-order valence-electron chi connectivity index (χ3n) is 2.76. The first-order chi connectivity index (χ1) is 6.93. The second kappa shape index (κ2) is 7.84. The Bertz CT molecular complexity index is 166. The molecule has 0 radical (unpaired) electrons. The molecule has 0 aliphatic carbocycles. The summed E-state index contributed by atoms with van der Waals surface area (Å²) >= 11 is 0. The van der Waals surface area contributed by atoms with Crippen LogP contribution in [0.15, 0.2) is 0 Å². The van der Waals surface area contributed by atoms with Gasteiger partial charge in [0.15, 0.2) is 0 Å². The molecule has 1 unspecified atom stereocenters. The molecule has 2 nitrogen and oxygen atoms in total. The Kier molecular flexibility index (Phi) is 6.47. The van der Waals surface area contributed by atoms with Gasteiger partial charge in [-0.1, -0.05) is 0 Å². The van der Waals surface area contributed by atoms with E-state index in [-0.39, 0.29) is 0 Å². The van der Waals surface area contributed by atoms with Crippen LogP contribution in [0.3, 0.4) is 0 Å². The van der Waals surface area contributed by atoms with Crippen LogP contribution in [0.25, 0.3) is 0 Å². The molecule has 14 heavy (non-hydrogen) atoms. The molecular weight excluding hydrogens is 172 g/mol. The highest BCUT2D eigenvalue weighted by molar-refractivity contribution is 4.82. The molecule has 0 amide bonds. The fourth-order valence-electron chi connectivity index (χ4n) is 1.88. The van der Waals surface area contributed by atoms with Crippen LogP contribution in [-0.4, -0.2) is 26.2 Å². The molecule has 1 aliphatic heterocycles. The van der Waals surface area contributed by atoms with Crippen molar-refractivity contribution in [1.29, 1.82) is 0 Å². The Labute approximate surface area is 87.8 Å². The maximum Gasteiger partial charge on any atom is 0.00865 e. The molecule has 0 aromatic carbocycles. The van der Waals surface area contributed by atoms with Crippen molar-refractivity contribution >= 4 is 0 Å². The molecule has 1 saturated heterocycles. The number of rotatable bonds is 6. The number of terminal acetylenes is 1. The Morgan fingerprint density at radius 3 is 3.07 bits per heavy atom. The second-order valence-electron chi connectivity index (χ2n) is 4.08. The monoisotopic (exact) mass is 194 g/mol. The molecule has 0 bridgehead atoms. The average molecular weight is 194 g/mol. The topological polar surface area (TPSA) is 24.1 Å². The van der Waals surface area contributed by atoms with Crippen LogP contribution >= 0.6 is 0 Å². The molecular formula is C12H22N2. The molecule has 0 saturated carbocycles. The molecule has 2 N–H and O–H groups in total. The van der Waals surface area contributed by atoms with E-state index in [0.717, 1.165) is 25.3 Å². The third kappa shape index (κ3) is 5.26. The minimum absolute atomic E-state index is 0.844. The summed E-state index contributed by atoms with van der Waals surface area (Å²) in [7, 11) is 0. The van der Waals surface area contributed by atoms with Crippen molar-refractivity contribution < 1.29 is 0 Å². The van der Waals surface area contributed by atoms with Crippen LogP contribution in [0, 0.1) is 18.3 Å². The van der Waals surface area contributed by atoms with Crippen molar-refractivity contribution in [3.63, 3.8) is 0 Å². The summed E-state index contributed by atoms with van der Waals surface area (Å²) in [5.74, 6) is 3.51. The van der Waals surface area contributed by atoms with Crippen LogP contribution in [-0.2, 0) is 0 Å². The summed E-state index contributed by atoms with van der Waals surface area (Å²) in [6, 6.07) is 0. The molecule has 2 heteroatoms. The highest BCUT2D eigenvalue weighted by atomic mass is 14.9. The Morgan fingerprint density at radius 2 is 2.36 bits per heavy atom. The first kappa shape index (κ1) is 11.6. The largest absolute Gasteiger partial charge is 0.316 e. The summed E-state index contributed by atoms with van der Waals surface area (Å²) < 4.78 is 0. The number of piperidine rings is 1. The van der Waals surface area contributed by atoms with Gasteiger partial charge < -0.3 is 10.6 Å². The van der Waals surface area contributed by atoms with Gasteiger partial charge in [0.1, 0.15) is 0 Å². The van der Waals surface area contributed by atoms with Crippen molar-refractivity contribution in [2.24, 2.45) is 5.92 Å². The molecule has 1 aliphatic rings. The van der Waals surface area contributed by atoms with Gasteiger partial charge in [-0.25, -0.2) is 0 Å². The molecule has 1 rings (SSSR count). The lowest BCUT2D eigenvalue weighted by Crippen LogP contribution is -2.36. The molecule has 0 spiro atoms. The SMILES string of the molecule is C#CCCCCNCC1CCCNC1. The molecule has 1 heterocycles. The molecule has 0 aromatic heterocycles. The van der Waals surface area contributed by atoms with E-state index in [1.165, 1.54) is 38.9 Å². The zero-order chi connectivity index (χ0) is 10.1. The van der Waals surface area contributed by atoms with Crippen LogP contribution in [0.4, 0.5) is 0 Å². The van der Waals surface area contributed by atoms with Gasteiger partial charge in [-0.05, 0) is 57.8 Å². The lowest BCUT2D eigenvalue weighted by atomic mass is 10.00. The summed E-state index contributed by atoms with van der Waals surface area (Å²) in [5.41, 5.74) is 0. The zero-order valence-electron chi connectivity index (χ0n) is 9.02. The zero-order valence-corrected chi connectivity index (χ0v) is 9.02. The van der Waals surface area contributed by atoms with Crippen LogP contribution in [0.2, 0.25) is 0 Å². The maximum absolute atomic E-state index is 5.18. The number of unbranched alkanes of at least 4 members (excludes halogenated alkanes) is 2. The minimum Gasteiger partial charge on any atom is -0.316 e. The molecule has 1 atom stereocenters. The predicted octanol–water partition coefficient (Wildman–Crippen LogP) is 1.38. The minimum atomic E-state index is 0.844. The predicted molar refractivity (Wildman–Crippen MR) is 61.1 cm³/mol. The standard InChI is InChI=1S/C12H22N2/c1-2-3-4-5-8-13-10-12-7-6-9-14-11-12/h1,12-14H,3-11H2. The van der Waals surface area contributed by atoms with Crippen molar-refractivity contribution in [1.82, 2.24) is 10.6 Å². The van der Waals surface area contributed by atoms with Crippen LogP contribution in [0.5, 0.6) is 0 Å². The molecule has 0 aromatic rings. The van der Waals surface area contributed by atoms with Gasteiger partial charge in [0.25, 0.3) is 0 Å². The highest BCUT2D eigenvalue weighted by Gasteiger charge is 2.11. The third-order valence-corrected chi connectivity index (χ3v) is 2.76. The summed E-state index contributed by atoms with van der Waals surface area (Å²) in [5, 5.41) is 6.93. The van der Waals surface area contributed by atoms with Crippen molar-refractivity contribution in [3.05, 3.63) is 0 Å². The second-order valence-corrected chi connectivity index (χ2v) is 4.08. The number of nitrogens with one attached hydrogen (secondary N) is 2. The van der Waals surface area contributed by atoms with Crippen molar-refractivity contribution in [3.8, 4) is 12.3 Å². The van der Waals surface area contributed by atoms with Gasteiger partial charge in [0, 0.05) is 6.42 Å². The lowest BCUT2D eigenvalue weighted by molar-refractivity contribution is 0.359. The summed E-state index contributed by atoms with van der Waals surface area (Å²) in [6.07, 6.45) is 11.2. The van der Waals surface area contributed by atoms with E-state index < -0.39 is 0 Å². The van der Waals surface area contributed by atoms with Crippen molar-refractivity contribution in [2.45, 2.75) is 32.1 Å². The number of hydrogen-bond donors (Lipinski definition) is 2. The van der Waals surface area contributed by atoms with Crippen LogP contribution < -0.4 is 10.6 Å². The van der Waals surface area contributed by atoms with E-state index in [1.807, 2.05) is 0 Å². The van der Waals surface area contributed by atoms with E-state index >= 15 is 0 Å². The summed E-state index contributed by atoms with van der Waals surface area (Å²) in [6.45, 7) is 4.69. The molecule has 1 fully saturated rings. The Hall–Kier alpha value is -0.520. The highest BCUT2D eigenvalue weighted by Crippen LogP contribution is 2.08. The van der Waals surface area contributed by atoms with Gasteiger partial charge in [-0.2, -0.15) is 0 Å². The van der Waals surface area contributed by atoms with Gasteiger partial charge in [0.2, 0.25) is 0 Å². The van der Waals surface area contributed by atoms with Gasteiger partial charge in [-0.3, -0.25) is 0 Å². The molecule has 80 valence electrons. The van der Waals surface area contributed by atoms with E-state index in [4.69, 9.17) is 6.42 Å². The first-order valence-electron chi connectivity index (χ1n) is 5.78. The van der Waals surface area contributed by atoms with E-state index in [2.05, 4.69) is 16.6 Å². The Morgan fingerprint density at radius 1 is 1.43 bits per heavy atom. The van der Waals surface area contributed by atoms with Crippen molar-refractivity contribution in [2.75, 3.05) is 26.2 Å². The smallest absolute Gasteiger partial charge is 0.00865 e. The van der Waals surface area contributed by atoms with E-state index in [1.54, 1.807) is 0 Å². The fraction of sp³-hybridized carbons (Fsp3) is 0.833. The van der Waals surface area contributed by atoms with Gasteiger partial charge in [0.05, 0.1) is 0 Å². The van der Waals surface area contributed by atoms with E-state index in [9.17, 15) is 0 Å². The normalized spacial score (nSPS) is 21.8. The fourth-order valence-corrected chi connectivity index (χ4v) is 1.88.